The molecule has 0 bridgehead atoms. The highest BCUT2D eigenvalue weighted by Gasteiger charge is 2.13. The quantitative estimate of drug-likeness (QED) is 0.859. The zero-order chi connectivity index (χ0) is 15.2. The van der Waals surface area contributed by atoms with Gasteiger partial charge < -0.3 is 10.5 Å². The van der Waals surface area contributed by atoms with E-state index in [1.165, 1.54) is 16.7 Å². The van der Waals surface area contributed by atoms with E-state index in [0.717, 1.165) is 12.2 Å². The van der Waals surface area contributed by atoms with Crippen LogP contribution < -0.4 is 10.5 Å². The van der Waals surface area contributed by atoms with Crippen molar-refractivity contribution in [3.05, 3.63) is 65.2 Å². The molecule has 0 amide bonds. The van der Waals surface area contributed by atoms with Crippen LogP contribution in [0.5, 0.6) is 5.75 Å². The fraction of sp³-hybridized carbons (Fsp3) is 0.368. The first-order valence-electron chi connectivity index (χ1n) is 7.63. The molecule has 0 aliphatic carbocycles. The van der Waals surface area contributed by atoms with Crippen molar-refractivity contribution in [2.45, 2.75) is 39.2 Å². The van der Waals surface area contributed by atoms with Gasteiger partial charge in [-0.15, -0.1) is 0 Å². The van der Waals surface area contributed by atoms with Gasteiger partial charge in [0.05, 0.1) is 6.10 Å². The average molecular weight is 283 g/mol. The smallest absolute Gasteiger partial charge is 0.119 e. The highest BCUT2D eigenvalue weighted by molar-refractivity contribution is 5.37. The highest BCUT2D eigenvalue weighted by Crippen LogP contribution is 2.29. The van der Waals surface area contributed by atoms with E-state index >= 15 is 0 Å². The first-order valence-corrected chi connectivity index (χ1v) is 7.63. The largest absolute Gasteiger partial charge is 0.491 e. The second-order valence-electron chi connectivity index (χ2n) is 5.78. The average Bonchev–Trinajstić information content (AvgIpc) is 2.46. The molecule has 1 atom stereocenters. The lowest BCUT2D eigenvalue weighted by molar-refractivity contribution is 0.242. The Balaban J connectivity index is 2.23. The standard InChI is InChI=1S/C19H25NO/c1-14(2)21-18-10-8-17(9-11-18)19(12-13-20)16-6-4-15(3)5-7-16/h4-11,14,19H,12-13,20H2,1-3H3/t19-/m0/s1. The Labute approximate surface area is 127 Å². The monoisotopic (exact) mass is 283 g/mol. The summed E-state index contributed by atoms with van der Waals surface area (Å²) in [6.07, 6.45) is 1.15. The fourth-order valence-electron chi connectivity index (χ4n) is 2.54. The van der Waals surface area contributed by atoms with Crippen LogP contribution in [0.4, 0.5) is 0 Å². The summed E-state index contributed by atoms with van der Waals surface area (Å²) in [5.74, 6) is 1.27. The predicted molar refractivity (Wildman–Crippen MR) is 88.9 cm³/mol. The SMILES string of the molecule is Cc1ccc([C@H](CCN)c2ccc(OC(C)C)cc2)cc1. The highest BCUT2D eigenvalue weighted by atomic mass is 16.5. The van der Waals surface area contributed by atoms with Gasteiger partial charge >= 0.3 is 0 Å². The molecule has 112 valence electrons. The van der Waals surface area contributed by atoms with Gasteiger partial charge in [0.2, 0.25) is 0 Å². The molecule has 0 aliphatic heterocycles. The Morgan fingerprint density at radius 3 is 1.90 bits per heavy atom. The molecule has 0 radical (unpaired) electrons. The van der Waals surface area contributed by atoms with Gasteiger partial charge in [0.15, 0.2) is 0 Å². The Morgan fingerprint density at radius 1 is 0.905 bits per heavy atom. The molecule has 0 aromatic heterocycles. The molecule has 0 spiro atoms. The normalized spacial score (nSPS) is 12.4. The molecule has 0 saturated heterocycles. The van der Waals surface area contributed by atoms with E-state index in [2.05, 4.69) is 43.3 Å². The Bertz CT molecular complexity index is 543. The van der Waals surface area contributed by atoms with Crippen LogP contribution in [0.25, 0.3) is 0 Å². The van der Waals surface area contributed by atoms with Crippen molar-refractivity contribution in [2.24, 2.45) is 5.73 Å². The van der Waals surface area contributed by atoms with Crippen LogP contribution in [0, 0.1) is 6.92 Å². The van der Waals surface area contributed by atoms with E-state index in [9.17, 15) is 0 Å². The first-order chi connectivity index (χ1) is 10.1. The topological polar surface area (TPSA) is 35.2 Å². The summed E-state index contributed by atoms with van der Waals surface area (Å²) in [6.45, 7) is 6.87. The molecular formula is C19H25NO. The van der Waals surface area contributed by atoms with Crippen LogP contribution in [0.2, 0.25) is 0 Å². The van der Waals surface area contributed by atoms with Gasteiger partial charge in [-0.05, 0) is 57.0 Å². The fourth-order valence-corrected chi connectivity index (χ4v) is 2.54. The minimum absolute atomic E-state index is 0.202. The maximum absolute atomic E-state index is 5.81. The molecule has 2 rings (SSSR count). The van der Waals surface area contributed by atoms with Gasteiger partial charge in [0.1, 0.15) is 5.75 Å². The number of hydrogen-bond acceptors (Lipinski definition) is 2. The van der Waals surface area contributed by atoms with Gasteiger partial charge in [0.25, 0.3) is 0 Å². The molecule has 0 saturated carbocycles. The molecule has 0 aliphatic rings. The Kier molecular flexibility index (Phi) is 5.40. The van der Waals surface area contributed by atoms with Crippen LogP contribution in [0.3, 0.4) is 0 Å². The molecular weight excluding hydrogens is 258 g/mol. The van der Waals surface area contributed by atoms with Gasteiger partial charge in [-0.25, -0.2) is 0 Å². The van der Waals surface area contributed by atoms with Crippen molar-refractivity contribution < 1.29 is 4.74 Å². The predicted octanol–water partition coefficient (Wildman–Crippen LogP) is 4.26. The summed E-state index contributed by atoms with van der Waals surface area (Å²) in [7, 11) is 0. The Morgan fingerprint density at radius 2 is 1.43 bits per heavy atom. The van der Waals surface area contributed by atoms with Gasteiger partial charge in [-0.2, -0.15) is 0 Å². The number of aryl methyl sites for hydroxylation is 1. The minimum Gasteiger partial charge on any atom is -0.491 e. The summed E-state index contributed by atoms with van der Waals surface area (Å²) < 4.78 is 5.71. The number of nitrogens with two attached hydrogens (primary N) is 1. The van der Waals surface area contributed by atoms with Gasteiger partial charge in [-0.1, -0.05) is 42.0 Å². The molecule has 2 N–H and O–H groups in total. The van der Waals surface area contributed by atoms with Crippen molar-refractivity contribution >= 4 is 0 Å². The van der Waals surface area contributed by atoms with Crippen LogP contribution in [0.1, 0.15) is 42.9 Å². The molecule has 2 aromatic carbocycles. The minimum atomic E-state index is 0.202. The third-order valence-corrected chi connectivity index (χ3v) is 3.59. The van der Waals surface area contributed by atoms with E-state index in [1.807, 2.05) is 26.0 Å². The Hall–Kier alpha value is -1.80. The van der Waals surface area contributed by atoms with Crippen molar-refractivity contribution in [3.8, 4) is 5.75 Å². The molecule has 0 unspecified atom stereocenters. The molecule has 0 fully saturated rings. The van der Waals surface area contributed by atoms with E-state index in [4.69, 9.17) is 10.5 Å². The second-order valence-corrected chi connectivity index (χ2v) is 5.78. The summed E-state index contributed by atoms with van der Waals surface area (Å²) in [5, 5.41) is 0. The van der Waals surface area contributed by atoms with Crippen LogP contribution in [-0.2, 0) is 0 Å². The number of hydrogen-bond donors (Lipinski definition) is 1. The molecule has 0 heterocycles. The van der Waals surface area contributed by atoms with Crippen LogP contribution in [-0.4, -0.2) is 12.6 Å². The van der Waals surface area contributed by atoms with E-state index < -0.39 is 0 Å². The summed E-state index contributed by atoms with van der Waals surface area (Å²) in [6, 6.07) is 17.1. The second kappa shape index (κ2) is 7.28. The van der Waals surface area contributed by atoms with E-state index in [0.29, 0.717) is 12.5 Å². The number of benzene rings is 2. The third kappa shape index (κ3) is 4.33. The van der Waals surface area contributed by atoms with Gasteiger partial charge in [0, 0.05) is 5.92 Å². The van der Waals surface area contributed by atoms with E-state index in [1.54, 1.807) is 0 Å². The lowest BCUT2D eigenvalue weighted by Crippen LogP contribution is -2.09. The molecule has 2 aromatic rings. The number of rotatable bonds is 6. The maximum atomic E-state index is 5.81. The lowest BCUT2D eigenvalue weighted by atomic mass is 9.88. The van der Waals surface area contributed by atoms with Crippen LogP contribution in [0.15, 0.2) is 48.5 Å². The van der Waals surface area contributed by atoms with Crippen LogP contribution >= 0.6 is 0 Å². The lowest BCUT2D eigenvalue weighted by Gasteiger charge is -2.18. The zero-order valence-corrected chi connectivity index (χ0v) is 13.2. The van der Waals surface area contributed by atoms with Crippen molar-refractivity contribution in [1.29, 1.82) is 0 Å². The van der Waals surface area contributed by atoms with Gasteiger partial charge in [-0.3, -0.25) is 0 Å². The molecule has 2 heteroatoms. The maximum Gasteiger partial charge on any atom is 0.119 e. The summed E-state index contributed by atoms with van der Waals surface area (Å²) >= 11 is 0. The van der Waals surface area contributed by atoms with E-state index in [-0.39, 0.29) is 6.10 Å². The summed E-state index contributed by atoms with van der Waals surface area (Å²) in [4.78, 5) is 0. The summed E-state index contributed by atoms with van der Waals surface area (Å²) in [5.41, 5.74) is 9.70. The molecule has 21 heavy (non-hydrogen) atoms. The number of ether oxygens (including phenoxy) is 1. The van der Waals surface area contributed by atoms with Crippen molar-refractivity contribution in [2.75, 3.05) is 6.54 Å². The van der Waals surface area contributed by atoms with Crippen molar-refractivity contribution in [1.82, 2.24) is 0 Å². The molecule has 2 nitrogen and oxygen atoms in total. The third-order valence-electron chi connectivity index (χ3n) is 3.59. The first kappa shape index (κ1) is 15.6. The van der Waals surface area contributed by atoms with Crippen molar-refractivity contribution in [3.63, 3.8) is 0 Å². The zero-order valence-electron chi connectivity index (χ0n) is 13.2.